The van der Waals surface area contributed by atoms with Crippen molar-refractivity contribution < 1.29 is 4.79 Å². The fourth-order valence-electron chi connectivity index (χ4n) is 4.35. The first-order valence-corrected chi connectivity index (χ1v) is 9.00. The van der Waals surface area contributed by atoms with Crippen LogP contribution in [0.2, 0.25) is 0 Å². The number of amides is 1. The van der Waals surface area contributed by atoms with Crippen LogP contribution in [0.25, 0.3) is 5.69 Å². The first-order chi connectivity index (χ1) is 12.1. The van der Waals surface area contributed by atoms with E-state index < -0.39 is 0 Å². The minimum Gasteiger partial charge on any atom is -0.334 e. The van der Waals surface area contributed by atoms with Gasteiger partial charge in [0.1, 0.15) is 6.33 Å². The second kappa shape index (κ2) is 6.55. The maximum atomic E-state index is 13.1. The largest absolute Gasteiger partial charge is 0.334 e. The van der Waals surface area contributed by atoms with Crippen molar-refractivity contribution >= 4 is 5.91 Å². The second-order valence-electron chi connectivity index (χ2n) is 7.15. The fourth-order valence-corrected chi connectivity index (χ4v) is 4.35. The Morgan fingerprint density at radius 2 is 1.96 bits per heavy atom. The van der Waals surface area contributed by atoms with Crippen molar-refractivity contribution in [3.8, 4) is 5.69 Å². The molecule has 3 heterocycles. The third-order valence-electron chi connectivity index (χ3n) is 5.62. The number of hydrogen-bond donors (Lipinski definition) is 0. The van der Waals surface area contributed by atoms with Crippen LogP contribution >= 0.6 is 0 Å². The van der Waals surface area contributed by atoms with E-state index in [1.54, 1.807) is 11.0 Å². The Hall–Kier alpha value is -2.28. The van der Waals surface area contributed by atoms with Crippen LogP contribution < -0.4 is 0 Å². The molecule has 4 rings (SSSR count). The molecule has 2 aromatic rings. The molecule has 0 aliphatic carbocycles. The minimum absolute atomic E-state index is 0.147. The zero-order valence-electron chi connectivity index (χ0n) is 14.8. The highest BCUT2D eigenvalue weighted by Gasteiger charge is 2.38. The Labute approximate surface area is 147 Å². The van der Waals surface area contributed by atoms with Gasteiger partial charge in [-0.25, -0.2) is 4.68 Å². The summed E-state index contributed by atoms with van der Waals surface area (Å²) < 4.78 is 1.62. The van der Waals surface area contributed by atoms with Gasteiger partial charge in [0.25, 0.3) is 5.91 Å². The molecule has 2 aliphatic rings. The third kappa shape index (κ3) is 2.93. The van der Waals surface area contributed by atoms with E-state index in [0.29, 0.717) is 12.1 Å². The van der Waals surface area contributed by atoms with Crippen LogP contribution in [0.5, 0.6) is 0 Å². The van der Waals surface area contributed by atoms with E-state index in [4.69, 9.17) is 0 Å². The monoisotopic (exact) mass is 340 g/mol. The molecule has 0 radical (unpaired) electrons. The molecule has 0 N–H and O–H groups in total. The van der Waals surface area contributed by atoms with Crippen molar-refractivity contribution in [2.24, 2.45) is 0 Å². The maximum Gasteiger partial charge on any atom is 0.254 e. The van der Waals surface area contributed by atoms with Crippen molar-refractivity contribution in [1.82, 2.24) is 30.0 Å². The molecule has 7 nitrogen and oxygen atoms in total. The molecular weight excluding hydrogens is 316 g/mol. The van der Waals surface area contributed by atoms with Crippen LogP contribution in [-0.2, 0) is 0 Å². The molecule has 0 unspecified atom stereocenters. The molecule has 7 heteroatoms. The molecule has 2 atom stereocenters. The first kappa shape index (κ1) is 16.2. The lowest BCUT2D eigenvalue weighted by atomic mass is 10.0. The van der Waals surface area contributed by atoms with Gasteiger partial charge in [-0.1, -0.05) is 0 Å². The number of carbonyl (C=O) groups excluding carboxylic acids is 1. The lowest BCUT2D eigenvalue weighted by Gasteiger charge is -2.33. The molecule has 2 aliphatic heterocycles. The zero-order chi connectivity index (χ0) is 17.4. The van der Waals surface area contributed by atoms with E-state index in [0.717, 1.165) is 42.7 Å². The smallest absolute Gasteiger partial charge is 0.254 e. The molecule has 2 saturated heterocycles. The van der Waals surface area contributed by atoms with Gasteiger partial charge in [0, 0.05) is 24.2 Å². The molecule has 132 valence electrons. The molecular formula is C18H24N6O. The summed E-state index contributed by atoms with van der Waals surface area (Å²) in [6.45, 7) is 3.99. The van der Waals surface area contributed by atoms with Crippen molar-refractivity contribution in [2.75, 3.05) is 20.1 Å². The maximum absolute atomic E-state index is 13.1. The summed E-state index contributed by atoms with van der Waals surface area (Å²) >= 11 is 0. The normalized spacial score (nSPS) is 24.2. The van der Waals surface area contributed by atoms with Gasteiger partial charge >= 0.3 is 0 Å². The standard InChI is InChI=1S/C18H24N6O/c1-13-11-14(7-8-15(13)24-12-19-20-21-24)18(25)23-10-4-6-17(23)16-5-3-9-22(16)2/h7-8,11-12,16-17H,3-6,9-10H2,1-2H3/t16-,17-/m0/s1. The molecule has 0 spiro atoms. The molecule has 25 heavy (non-hydrogen) atoms. The SMILES string of the molecule is Cc1cc(C(=O)N2CCC[C@H]2[C@@H]2CCCN2C)ccc1-n1cnnn1. The van der Waals surface area contributed by atoms with Crippen LogP contribution in [0.4, 0.5) is 0 Å². The molecule has 2 fully saturated rings. The minimum atomic E-state index is 0.147. The van der Waals surface area contributed by atoms with Gasteiger partial charge in [0.05, 0.1) is 5.69 Å². The molecule has 1 amide bonds. The van der Waals surface area contributed by atoms with E-state index >= 15 is 0 Å². The number of carbonyl (C=O) groups is 1. The van der Waals surface area contributed by atoms with E-state index in [-0.39, 0.29) is 5.91 Å². The Bertz CT molecular complexity index is 759. The van der Waals surface area contributed by atoms with Crippen LogP contribution in [-0.4, -0.2) is 68.1 Å². The number of tetrazole rings is 1. The lowest BCUT2D eigenvalue weighted by Crippen LogP contribution is -2.47. The number of rotatable bonds is 3. The number of likely N-dealkylation sites (N-methyl/N-ethyl adjacent to an activating group) is 1. The molecule has 0 saturated carbocycles. The number of nitrogens with zero attached hydrogens (tertiary/aromatic N) is 6. The van der Waals surface area contributed by atoms with Crippen LogP contribution in [0.15, 0.2) is 24.5 Å². The highest BCUT2D eigenvalue weighted by Crippen LogP contribution is 2.30. The van der Waals surface area contributed by atoms with Crippen molar-refractivity contribution in [2.45, 2.75) is 44.7 Å². The summed E-state index contributed by atoms with van der Waals surface area (Å²) in [4.78, 5) is 17.6. The Balaban J connectivity index is 1.57. The molecule has 0 bridgehead atoms. The average molecular weight is 340 g/mol. The van der Waals surface area contributed by atoms with Gasteiger partial charge in [-0.05, 0) is 80.4 Å². The summed E-state index contributed by atoms with van der Waals surface area (Å²) in [5, 5.41) is 11.3. The van der Waals surface area contributed by atoms with Gasteiger partial charge in [-0.3, -0.25) is 4.79 Å². The summed E-state index contributed by atoms with van der Waals surface area (Å²) in [7, 11) is 2.18. The number of aromatic nitrogens is 4. The topological polar surface area (TPSA) is 67.2 Å². The van der Waals surface area contributed by atoms with Gasteiger partial charge in [-0.15, -0.1) is 5.10 Å². The first-order valence-electron chi connectivity index (χ1n) is 9.00. The van der Waals surface area contributed by atoms with E-state index in [1.807, 2.05) is 25.1 Å². The van der Waals surface area contributed by atoms with Crippen molar-refractivity contribution in [3.63, 3.8) is 0 Å². The predicted molar refractivity (Wildman–Crippen MR) is 93.6 cm³/mol. The highest BCUT2D eigenvalue weighted by atomic mass is 16.2. The Morgan fingerprint density at radius 1 is 1.16 bits per heavy atom. The average Bonchev–Trinajstić information content (AvgIpc) is 3.35. The quantitative estimate of drug-likeness (QED) is 0.850. The van der Waals surface area contributed by atoms with Gasteiger partial charge < -0.3 is 9.80 Å². The van der Waals surface area contributed by atoms with Crippen molar-refractivity contribution in [1.29, 1.82) is 0 Å². The van der Waals surface area contributed by atoms with Crippen LogP contribution in [0, 0.1) is 6.92 Å². The Kier molecular flexibility index (Phi) is 4.25. The fraction of sp³-hybridized carbons (Fsp3) is 0.556. The third-order valence-corrected chi connectivity index (χ3v) is 5.62. The summed E-state index contributed by atoms with van der Waals surface area (Å²) in [6.07, 6.45) is 6.21. The Morgan fingerprint density at radius 3 is 2.64 bits per heavy atom. The second-order valence-corrected chi connectivity index (χ2v) is 7.15. The number of likely N-dealkylation sites (tertiary alicyclic amines) is 2. The van der Waals surface area contributed by atoms with E-state index in [9.17, 15) is 4.79 Å². The molecule has 1 aromatic carbocycles. The van der Waals surface area contributed by atoms with Gasteiger partial charge in [0.15, 0.2) is 0 Å². The lowest BCUT2D eigenvalue weighted by molar-refractivity contribution is 0.0664. The summed E-state index contributed by atoms with van der Waals surface area (Å²) in [5.41, 5.74) is 2.64. The summed E-state index contributed by atoms with van der Waals surface area (Å²) in [5.74, 6) is 0.147. The van der Waals surface area contributed by atoms with Gasteiger partial charge in [0.2, 0.25) is 0 Å². The predicted octanol–water partition coefficient (Wildman–Crippen LogP) is 1.67. The number of aryl methyl sites for hydroxylation is 1. The highest BCUT2D eigenvalue weighted by molar-refractivity contribution is 5.95. The number of benzene rings is 1. The van der Waals surface area contributed by atoms with Crippen molar-refractivity contribution in [3.05, 3.63) is 35.7 Å². The van der Waals surface area contributed by atoms with E-state index in [2.05, 4.69) is 32.4 Å². The molecule has 1 aromatic heterocycles. The zero-order valence-corrected chi connectivity index (χ0v) is 14.8. The van der Waals surface area contributed by atoms with Crippen LogP contribution in [0.1, 0.15) is 41.6 Å². The number of hydrogen-bond acceptors (Lipinski definition) is 5. The van der Waals surface area contributed by atoms with Gasteiger partial charge in [-0.2, -0.15) is 0 Å². The summed E-state index contributed by atoms with van der Waals surface area (Å²) in [6, 6.07) is 6.62. The van der Waals surface area contributed by atoms with Crippen LogP contribution in [0.3, 0.4) is 0 Å². The van der Waals surface area contributed by atoms with E-state index in [1.165, 1.54) is 12.8 Å².